The Morgan fingerprint density at radius 2 is 0.764 bits per heavy atom. The lowest BCUT2D eigenvalue weighted by molar-refractivity contribution is 0.0937. The molecule has 3 aromatic carbocycles. The number of benzene rings is 3. The van der Waals surface area contributed by atoms with E-state index in [0.717, 1.165) is 4.90 Å². The van der Waals surface area contributed by atoms with Crippen LogP contribution in [-0.4, -0.2) is 48.6 Å². The van der Waals surface area contributed by atoms with Gasteiger partial charge in [0.2, 0.25) is 0 Å². The number of ketones is 2. The molecule has 0 aliphatic rings. The summed E-state index contributed by atoms with van der Waals surface area (Å²) in [7, 11) is 0. The first kappa shape index (κ1) is 42.9. The summed E-state index contributed by atoms with van der Waals surface area (Å²) in [6.45, 7) is -1.96. The van der Waals surface area contributed by atoms with Crippen LogP contribution in [0.1, 0.15) is 56.8 Å². The van der Waals surface area contributed by atoms with E-state index in [0.29, 0.717) is 0 Å². The number of Topliss-reactive ketones (excluding diaryl/α,β-unsaturated/α-hetero) is 2. The molecule has 1 amide bonds. The van der Waals surface area contributed by atoms with Crippen molar-refractivity contribution < 1.29 is 67.1 Å². The molecule has 0 saturated carbocycles. The summed E-state index contributed by atoms with van der Waals surface area (Å²) in [6.07, 6.45) is -2.67. The van der Waals surface area contributed by atoms with Crippen molar-refractivity contribution in [2.75, 3.05) is 26.2 Å². The highest BCUT2D eigenvalue weighted by Crippen LogP contribution is 2.33. The molecule has 3 aromatic rings. The molecule has 0 radical (unpaired) electrons. The summed E-state index contributed by atoms with van der Waals surface area (Å²) in [5.41, 5.74) is 14.8. The highest BCUT2D eigenvalue weighted by Gasteiger charge is 2.31. The van der Waals surface area contributed by atoms with Crippen LogP contribution in [0.15, 0.2) is 15.3 Å². The van der Waals surface area contributed by atoms with Crippen molar-refractivity contribution in [1.82, 2.24) is 10.2 Å². The van der Waals surface area contributed by atoms with Gasteiger partial charge >= 0.3 is 0 Å². The summed E-state index contributed by atoms with van der Waals surface area (Å²) in [4.78, 5) is 44.8. The molecule has 0 unspecified atom stereocenters. The number of hydrogen-bond acceptors (Lipinski definition) is 7. The lowest BCUT2D eigenvalue weighted by Crippen LogP contribution is -2.37. The number of amides is 1. The number of carbonyl (C=O) groups is 3. The Labute approximate surface area is 297 Å². The second-order valence-electron chi connectivity index (χ2n) is 10.7. The third kappa shape index (κ3) is 9.01. The van der Waals surface area contributed by atoms with E-state index in [-0.39, 0.29) is 0 Å². The van der Waals surface area contributed by atoms with Crippen LogP contribution in [0.5, 0.6) is 0 Å². The molecule has 0 spiro atoms. The van der Waals surface area contributed by atoms with Crippen LogP contribution >= 0.6 is 0 Å². The maximum absolute atomic E-state index is 14.5. The molecule has 0 atom stereocenters. The Bertz CT molecular complexity index is 1910. The van der Waals surface area contributed by atoms with Gasteiger partial charge in [0.15, 0.2) is 81.4 Å². The topological polar surface area (TPSA) is 213 Å². The Morgan fingerprint density at radius 3 is 1.05 bits per heavy atom. The Hall–Kier alpha value is -6.48. The number of rotatable bonds is 17. The van der Waals surface area contributed by atoms with E-state index < -0.39 is 173 Å². The molecule has 1 N–H and O–H groups in total. The third-order valence-electron chi connectivity index (χ3n) is 7.41. The monoisotopic (exact) mass is 795 g/mol. The van der Waals surface area contributed by atoms with Gasteiger partial charge in [-0.25, -0.2) is 52.7 Å². The predicted octanol–water partition coefficient (Wildman–Crippen LogP) is 9.54. The number of nitrogens with one attached hydrogen (secondary N) is 1. The predicted molar refractivity (Wildman–Crippen MR) is 161 cm³/mol. The maximum atomic E-state index is 14.5. The summed E-state index contributed by atoms with van der Waals surface area (Å²) in [6, 6.07) is 0. The standard InChI is InChI=1S/C29H17F12N11O3/c30-14-11(15(31)21(37)26(20(14)36)46-49-42)9(53)3-1-6-52(7-2-4-10(54)12-16(32)22(38)27(47-50-43)23(39)17(12)33)8-5-45-29(55)13-18(34)24(40)28(48-51-44)25(41)19(13)35/h1-8H2,(H,45,55). The van der Waals surface area contributed by atoms with Crippen LogP contribution in [0.2, 0.25) is 0 Å². The van der Waals surface area contributed by atoms with E-state index in [9.17, 15) is 67.1 Å². The van der Waals surface area contributed by atoms with Crippen molar-refractivity contribution >= 4 is 34.5 Å². The number of halogens is 12. The summed E-state index contributed by atoms with van der Waals surface area (Å²) in [5, 5.41) is 9.31. The van der Waals surface area contributed by atoms with E-state index in [1.165, 1.54) is 0 Å². The fraction of sp³-hybridized carbons (Fsp3) is 0.276. The van der Waals surface area contributed by atoms with E-state index in [4.69, 9.17) is 16.6 Å². The fourth-order valence-corrected chi connectivity index (χ4v) is 4.87. The minimum absolute atomic E-state index is 0.402. The van der Waals surface area contributed by atoms with E-state index in [1.54, 1.807) is 0 Å². The number of azide groups is 3. The number of hydrogen-bond donors (Lipinski definition) is 1. The SMILES string of the molecule is [N-]=[N+]=Nc1c(F)c(F)c(C(=O)CCCN(CCCC(=O)c2c(F)c(F)c(N=[N+]=[N-])c(F)c2F)CCNC(=O)c2c(F)c(F)c(N=[N+]=[N-])c(F)c2F)c(F)c1F. The minimum atomic E-state index is -2.26. The molecule has 0 aliphatic carbocycles. The van der Waals surface area contributed by atoms with Gasteiger partial charge in [0.1, 0.15) is 22.6 Å². The summed E-state index contributed by atoms with van der Waals surface area (Å²) in [5.74, 6) is -31.4. The van der Waals surface area contributed by atoms with Gasteiger partial charge in [-0.1, -0.05) is 15.3 Å². The van der Waals surface area contributed by atoms with Crippen molar-refractivity contribution in [1.29, 1.82) is 0 Å². The van der Waals surface area contributed by atoms with Gasteiger partial charge < -0.3 is 10.2 Å². The first-order chi connectivity index (χ1) is 26.0. The lowest BCUT2D eigenvalue weighted by Gasteiger charge is -2.22. The second kappa shape index (κ2) is 18.5. The van der Waals surface area contributed by atoms with Crippen LogP contribution < -0.4 is 5.32 Å². The molecule has 290 valence electrons. The Kier molecular flexibility index (Phi) is 14.5. The van der Waals surface area contributed by atoms with Crippen molar-refractivity contribution in [2.45, 2.75) is 25.7 Å². The first-order valence-electron chi connectivity index (χ1n) is 14.8. The molecule has 55 heavy (non-hydrogen) atoms. The highest BCUT2D eigenvalue weighted by atomic mass is 19.2. The highest BCUT2D eigenvalue weighted by molar-refractivity contribution is 5.98. The quantitative estimate of drug-likeness (QED) is 0.0353. The maximum Gasteiger partial charge on any atom is 0.257 e. The van der Waals surface area contributed by atoms with Gasteiger partial charge in [-0.05, 0) is 42.5 Å². The Morgan fingerprint density at radius 1 is 0.473 bits per heavy atom. The molecule has 0 fully saturated rings. The first-order valence-corrected chi connectivity index (χ1v) is 14.8. The molecular weight excluding hydrogens is 778 g/mol. The van der Waals surface area contributed by atoms with Crippen molar-refractivity contribution in [3.63, 3.8) is 0 Å². The Balaban J connectivity index is 1.82. The molecule has 0 aromatic heterocycles. The van der Waals surface area contributed by atoms with Crippen LogP contribution in [0.3, 0.4) is 0 Å². The zero-order chi connectivity index (χ0) is 41.3. The van der Waals surface area contributed by atoms with Crippen molar-refractivity contribution in [3.8, 4) is 0 Å². The smallest absolute Gasteiger partial charge is 0.257 e. The zero-order valence-electron chi connectivity index (χ0n) is 26.9. The molecule has 0 bridgehead atoms. The average molecular weight is 796 g/mol. The second-order valence-corrected chi connectivity index (χ2v) is 10.7. The summed E-state index contributed by atoms with van der Waals surface area (Å²) >= 11 is 0. The van der Waals surface area contributed by atoms with Gasteiger partial charge in [-0.3, -0.25) is 14.4 Å². The van der Waals surface area contributed by atoms with Crippen LogP contribution in [0.25, 0.3) is 31.3 Å². The van der Waals surface area contributed by atoms with Gasteiger partial charge in [-0.15, -0.1) is 0 Å². The summed E-state index contributed by atoms with van der Waals surface area (Å²) < 4.78 is 172. The molecule has 0 heterocycles. The van der Waals surface area contributed by atoms with Gasteiger partial charge in [0, 0.05) is 40.7 Å². The lowest BCUT2D eigenvalue weighted by atomic mass is 10.0. The molecule has 3 rings (SSSR count). The largest absolute Gasteiger partial charge is 0.351 e. The third-order valence-corrected chi connectivity index (χ3v) is 7.41. The molecular formula is C29H17F12N11O3. The van der Waals surface area contributed by atoms with Gasteiger partial charge in [-0.2, -0.15) is 0 Å². The normalized spacial score (nSPS) is 10.8. The number of carbonyl (C=O) groups excluding carboxylic acids is 3. The molecule has 0 saturated heterocycles. The van der Waals surface area contributed by atoms with E-state index in [1.807, 2.05) is 20.1 Å². The molecule has 14 nitrogen and oxygen atoms in total. The zero-order valence-corrected chi connectivity index (χ0v) is 26.9. The molecule has 26 heteroatoms. The van der Waals surface area contributed by atoms with Crippen LogP contribution in [0, 0.1) is 69.8 Å². The number of nitrogens with zero attached hydrogens (tertiary/aromatic N) is 10. The van der Waals surface area contributed by atoms with Crippen LogP contribution in [0.4, 0.5) is 69.7 Å². The van der Waals surface area contributed by atoms with Crippen molar-refractivity contribution in [2.24, 2.45) is 15.3 Å². The average Bonchev–Trinajstić information content (AvgIpc) is 3.14. The fourth-order valence-electron chi connectivity index (χ4n) is 4.87. The van der Waals surface area contributed by atoms with Gasteiger partial charge in [0.05, 0.1) is 11.1 Å². The van der Waals surface area contributed by atoms with E-state index in [2.05, 4.69) is 15.3 Å². The molecule has 0 aliphatic heterocycles. The van der Waals surface area contributed by atoms with Gasteiger partial charge in [0.25, 0.3) is 5.91 Å². The van der Waals surface area contributed by atoms with Crippen LogP contribution in [-0.2, 0) is 0 Å². The van der Waals surface area contributed by atoms with Crippen molar-refractivity contribution in [3.05, 3.63) is 118 Å². The minimum Gasteiger partial charge on any atom is -0.351 e. The van der Waals surface area contributed by atoms with E-state index >= 15 is 0 Å².